The Morgan fingerprint density at radius 2 is 2.37 bits per heavy atom. The van der Waals surface area contributed by atoms with Crippen LogP contribution in [0.2, 0.25) is 0 Å². The van der Waals surface area contributed by atoms with Crippen molar-refractivity contribution >= 4 is 5.78 Å². The van der Waals surface area contributed by atoms with Crippen LogP contribution >= 0.6 is 0 Å². The Morgan fingerprint density at radius 1 is 1.47 bits per heavy atom. The minimum Gasteiger partial charge on any atom is -0.392 e. The van der Waals surface area contributed by atoms with Crippen LogP contribution < -0.4 is 0 Å². The number of rotatable bonds is 6. The number of aromatic nitrogens is 1. The van der Waals surface area contributed by atoms with Crippen LogP contribution in [0.5, 0.6) is 0 Å². The molecule has 1 aromatic rings. The summed E-state index contributed by atoms with van der Waals surface area (Å²) in [6.45, 7) is 2.85. The Balaban J connectivity index is 1.63. The molecule has 0 aromatic carbocycles. The zero-order chi connectivity index (χ0) is 13.5. The number of nitrogens with zero attached hydrogens (tertiary/aromatic N) is 2. The van der Waals surface area contributed by atoms with Gasteiger partial charge in [0, 0.05) is 30.9 Å². The Labute approximate surface area is 114 Å². The van der Waals surface area contributed by atoms with E-state index in [0.717, 1.165) is 45.3 Å². The number of ketones is 1. The first-order valence-electron chi connectivity index (χ1n) is 7.09. The van der Waals surface area contributed by atoms with Crippen molar-refractivity contribution in [1.29, 1.82) is 0 Å². The molecule has 1 fully saturated rings. The molecule has 0 bridgehead atoms. The summed E-state index contributed by atoms with van der Waals surface area (Å²) in [5, 5.41) is 9.57. The van der Waals surface area contributed by atoms with Crippen molar-refractivity contribution < 1.29 is 9.90 Å². The lowest BCUT2D eigenvalue weighted by Gasteiger charge is -2.29. The topological polar surface area (TPSA) is 53.4 Å². The van der Waals surface area contributed by atoms with E-state index in [1.165, 1.54) is 0 Å². The molecule has 1 aliphatic heterocycles. The highest BCUT2D eigenvalue weighted by atomic mass is 16.3. The van der Waals surface area contributed by atoms with Gasteiger partial charge in [-0.05, 0) is 50.9 Å². The van der Waals surface area contributed by atoms with Crippen LogP contribution in [0.4, 0.5) is 0 Å². The normalized spacial score (nSPS) is 20.4. The number of carbonyl (C=O) groups is 1. The maximum atomic E-state index is 11.9. The van der Waals surface area contributed by atoms with E-state index in [9.17, 15) is 9.90 Å². The van der Waals surface area contributed by atoms with Gasteiger partial charge in [-0.15, -0.1) is 0 Å². The number of hydrogen-bond acceptors (Lipinski definition) is 4. The summed E-state index contributed by atoms with van der Waals surface area (Å²) in [5.74, 6) is 0.173. The molecule has 4 nitrogen and oxygen atoms in total. The Morgan fingerprint density at radius 3 is 3.11 bits per heavy atom. The van der Waals surface area contributed by atoms with E-state index >= 15 is 0 Å². The second-order valence-corrected chi connectivity index (χ2v) is 5.22. The molecule has 1 saturated heterocycles. The van der Waals surface area contributed by atoms with E-state index in [2.05, 4.69) is 9.88 Å². The van der Waals surface area contributed by atoms with Crippen LogP contribution in [0.3, 0.4) is 0 Å². The van der Waals surface area contributed by atoms with Crippen molar-refractivity contribution in [3.05, 3.63) is 30.1 Å². The SMILES string of the molecule is O=C(CCCCN1CCCC(O)C1)c1cccnc1. The van der Waals surface area contributed by atoms with E-state index in [4.69, 9.17) is 0 Å². The van der Waals surface area contributed by atoms with Crippen molar-refractivity contribution in [2.24, 2.45) is 0 Å². The van der Waals surface area contributed by atoms with Crippen LogP contribution in [-0.2, 0) is 0 Å². The van der Waals surface area contributed by atoms with Gasteiger partial charge in [0.15, 0.2) is 5.78 Å². The molecule has 104 valence electrons. The number of unbranched alkanes of at least 4 members (excludes halogenated alkanes) is 1. The van der Waals surface area contributed by atoms with E-state index < -0.39 is 0 Å². The van der Waals surface area contributed by atoms with Crippen LogP contribution in [0, 0.1) is 0 Å². The summed E-state index contributed by atoms with van der Waals surface area (Å²) < 4.78 is 0. The van der Waals surface area contributed by atoms with E-state index in [1.54, 1.807) is 18.5 Å². The summed E-state index contributed by atoms with van der Waals surface area (Å²) >= 11 is 0. The van der Waals surface area contributed by atoms with E-state index in [0.29, 0.717) is 12.0 Å². The zero-order valence-corrected chi connectivity index (χ0v) is 11.3. The third kappa shape index (κ3) is 4.73. The lowest BCUT2D eigenvalue weighted by molar-refractivity contribution is 0.0694. The van der Waals surface area contributed by atoms with Gasteiger partial charge in [0.1, 0.15) is 0 Å². The molecular formula is C15H22N2O2. The van der Waals surface area contributed by atoms with Gasteiger partial charge < -0.3 is 10.0 Å². The molecule has 0 spiro atoms. The smallest absolute Gasteiger partial charge is 0.164 e. The second kappa shape index (κ2) is 7.36. The van der Waals surface area contributed by atoms with Gasteiger partial charge in [-0.1, -0.05) is 0 Å². The highest BCUT2D eigenvalue weighted by Gasteiger charge is 2.16. The monoisotopic (exact) mass is 262 g/mol. The van der Waals surface area contributed by atoms with Crippen molar-refractivity contribution in [3.8, 4) is 0 Å². The first kappa shape index (κ1) is 14.2. The minimum absolute atomic E-state index is 0.161. The first-order valence-corrected chi connectivity index (χ1v) is 7.09. The van der Waals surface area contributed by atoms with Crippen LogP contribution in [0.1, 0.15) is 42.5 Å². The number of hydrogen-bond donors (Lipinski definition) is 1. The van der Waals surface area contributed by atoms with Gasteiger partial charge in [0.05, 0.1) is 6.10 Å². The van der Waals surface area contributed by atoms with Gasteiger partial charge in [-0.2, -0.15) is 0 Å². The molecule has 0 radical (unpaired) electrons. The summed E-state index contributed by atoms with van der Waals surface area (Å²) in [6, 6.07) is 3.61. The maximum Gasteiger partial charge on any atom is 0.164 e. The molecule has 2 rings (SSSR count). The average molecular weight is 262 g/mol. The summed E-state index contributed by atoms with van der Waals surface area (Å²) in [4.78, 5) is 18.1. The molecule has 1 atom stereocenters. The van der Waals surface area contributed by atoms with Crippen LogP contribution in [0.25, 0.3) is 0 Å². The van der Waals surface area contributed by atoms with Crippen molar-refractivity contribution in [1.82, 2.24) is 9.88 Å². The molecule has 19 heavy (non-hydrogen) atoms. The van der Waals surface area contributed by atoms with E-state index in [1.807, 2.05) is 6.07 Å². The number of likely N-dealkylation sites (tertiary alicyclic amines) is 1. The molecule has 1 N–H and O–H groups in total. The fourth-order valence-corrected chi connectivity index (χ4v) is 2.53. The quantitative estimate of drug-likeness (QED) is 0.628. The number of β-amino-alcohol motifs (C(OH)–C–C–N with tert-alkyl or cyclic N) is 1. The Kier molecular flexibility index (Phi) is 5.48. The lowest BCUT2D eigenvalue weighted by atomic mass is 10.1. The number of pyridine rings is 1. The van der Waals surface area contributed by atoms with Crippen molar-refractivity contribution in [2.75, 3.05) is 19.6 Å². The van der Waals surface area contributed by atoms with Gasteiger partial charge >= 0.3 is 0 Å². The number of Topliss-reactive ketones (excluding diaryl/α,β-unsaturated/α-hetero) is 1. The Hall–Kier alpha value is -1.26. The van der Waals surface area contributed by atoms with Crippen molar-refractivity contribution in [2.45, 2.75) is 38.2 Å². The van der Waals surface area contributed by atoms with Gasteiger partial charge in [-0.3, -0.25) is 9.78 Å². The fourth-order valence-electron chi connectivity index (χ4n) is 2.53. The summed E-state index contributed by atoms with van der Waals surface area (Å²) in [7, 11) is 0. The number of carbonyl (C=O) groups excluding carboxylic acids is 1. The van der Waals surface area contributed by atoms with Crippen LogP contribution in [0.15, 0.2) is 24.5 Å². The summed E-state index contributed by atoms with van der Waals surface area (Å²) in [5.41, 5.74) is 0.705. The largest absolute Gasteiger partial charge is 0.392 e. The third-order valence-electron chi connectivity index (χ3n) is 3.59. The standard InChI is InChI=1S/C15H22N2O2/c18-14-6-4-10-17(12-14)9-2-1-7-15(19)13-5-3-8-16-11-13/h3,5,8,11,14,18H,1-2,4,6-7,9-10,12H2. The van der Waals surface area contributed by atoms with Gasteiger partial charge in [0.2, 0.25) is 0 Å². The molecule has 0 saturated carbocycles. The van der Waals surface area contributed by atoms with Gasteiger partial charge in [0.25, 0.3) is 0 Å². The van der Waals surface area contributed by atoms with Crippen molar-refractivity contribution in [3.63, 3.8) is 0 Å². The highest BCUT2D eigenvalue weighted by molar-refractivity contribution is 5.95. The molecule has 0 aliphatic carbocycles. The molecule has 1 aliphatic rings. The predicted octanol–water partition coefficient (Wildman–Crippen LogP) is 1.89. The first-order chi connectivity index (χ1) is 9.25. The molecule has 1 aromatic heterocycles. The second-order valence-electron chi connectivity index (χ2n) is 5.22. The minimum atomic E-state index is -0.161. The number of piperidine rings is 1. The average Bonchev–Trinajstić information content (AvgIpc) is 2.44. The molecule has 0 amide bonds. The van der Waals surface area contributed by atoms with Crippen LogP contribution in [-0.4, -0.2) is 46.5 Å². The lowest BCUT2D eigenvalue weighted by Crippen LogP contribution is -2.38. The maximum absolute atomic E-state index is 11.9. The molecule has 2 heterocycles. The predicted molar refractivity (Wildman–Crippen MR) is 74.1 cm³/mol. The number of aliphatic hydroxyl groups excluding tert-OH is 1. The zero-order valence-electron chi connectivity index (χ0n) is 11.3. The number of aliphatic hydroxyl groups is 1. The van der Waals surface area contributed by atoms with Gasteiger partial charge in [-0.25, -0.2) is 0 Å². The highest BCUT2D eigenvalue weighted by Crippen LogP contribution is 2.11. The molecule has 1 unspecified atom stereocenters. The molecule has 4 heteroatoms. The Bertz CT molecular complexity index is 394. The molecular weight excluding hydrogens is 240 g/mol. The fraction of sp³-hybridized carbons (Fsp3) is 0.600. The van der Waals surface area contributed by atoms with E-state index in [-0.39, 0.29) is 11.9 Å². The third-order valence-corrected chi connectivity index (χ3v) is 3.59. The summed E-state index contributed by atoms with van der Waals surface area (Å²) in [6.07, 6.45) is 7.65.